The van der Waals surface area contributed by atoms with E-state index in [1.165, 1.54) is 56.2 Å². The van der Waals surface area contributed by atoms with Crippen LogP contribution in [0.4, 0.5) is 5.69 Å². The molecule has 0 saturated heterocycles. The fourth-order valence-corrected chi connectivity index (χ4v) is 8.45. The molecule has 2 amide bonds. The lowest BCUT2D eigenvalue weighted by Gasteiger charge is -2.10. The average molecular weight is 827 g/mol. The molecule has 0 unspecified atom stereocenters. The Hall–Kier alpha value is -5.53. The Morgan fingerprint density at radius 1 is 0.783 bits per heavy atom. The van der Waals surface area contributed by atoms with Gasteiger partial charge in [0.25, 0.3) is 5.91 Å². The maximum atomic E-state index is 12.9. The van der Waals surface area contributed by atoms with Gasteiger partial charge in [0.1, 0.15) is 12.2 Å². The molecule has 0 fully saturated rings. The van der Waals surface area contributed by atoms with E-state index in [-0.39, 0.29) is 18.4 Å². The average Bonchev–Trinajstić information content (AvgIpc) is 3.97. The molecule has 0 spiro atoms. The summed E-state index contributed by atoms with van der Waals surface area (Å²) in [6.07, 6.45) is 6.53. The van der Waals surface area contributed by atoms with E-state index in [9.17, 15) is 9.59 Å². The maximum Gasteiger partial charge on any atom is 0.252 e. The van der Waals surface area contributed by atoms with Crippen LogP contribution in [-0.2, 0) is 35.6 Å². The van der Waals surface area contributed by atoms with Gasteiger partial charge in [-0.3, -0.25) is 9.59 Å². The number of aryl methyl sites for hydroxylation is 2. The number of nitrogens with one attached hydrogen (secondary N) is 5. The minimum Gasteiger partial charge on any atom is -0.384 e. The predicted octanol–water partition coefficient (Wildman–Crippen LogP) is 7.90. The zero-order valence-electron chi connectivity index (χ0n) is 35.1. The van der Waals surface area contributed by atoms with Gasteiger partial charge in [-0.1, -0.05) is 43.7 Å². The molecule has 314 valence electrons. The molecule has 5 N–H and O–H groups in total. The molecule has 0 aliphatic rings. The van der Waals surface area contributed by atoms with E-state index in [2.05, 4.69) is 129 Å². The van der Waals surface area contributed by atoms with Crippen LogP contribution in [0.1, 0.15) is 53.7 Å². The Bertz CT molecular complexity index is 2500. The number of unbranched alkanes of at least 4 members (excludes halogenated alkanes) is 1. The fraction of sp³-hybridized carbons (Fsp3) is 0.354. The number of hydrogen-bond acceptors (Lipinski definition) is 8. The first kappa shape index (κ1) is 42.6. The number of thiophene rings is 1. The molecule has 3 aromatic carbocycles. The van der Waals surface area contributed by atoms with Gasteiger partial charge >= 0.3 is 0 Å². The topological polar surface area (TPSA) is 126 Å². The van der Waals surface area contributed by atoms with E-state index >= 15 is 0 Å². The summed E-state index contributed by atoms with van der Waals surface area (Å²) in [6, 6.07) is 27.9. The Labute approximate surface area is 356 Å². The van der Waals surface area contributed by atoms with Crippen LogP contribution in [0.5, 0.6) is 0 Å². The summed E-state index contributed by atoms with van der Waals surface area (Å²) in [7, 11) is 0. The van der Waals surface area contributed by atoms with E-state index in [4.69, 9.17) is 4.74 Å². The summed E-state index contributed by atoms with van der Waals surface area (Å²) in [4.78, 5) is 31.5. The SMILES string of the molecule is CCCCNCCNc1ccc(CCNC(=O)c2cnc3c(ccn3CC(=O)NCCOCCNCc3ccc4c(c3)c3ccc(-c5cc(C)cs5)cc3n4CC)c2)cc1. The Morgan fingerprint density at radius 3 is 2.45 bits per heavy atom. The highest BCUT2D eigenvalue weighted by Crippen LogP contribution is 2.35. The van der Waals surface area contributed by atoms with Crippen molar-refractivity contribution in [2.24, 2.45) is 0 Å². The molecule has 0 radical (unpaired) electrons. The zero-order chi connectivity index (χ0) is 41.7. The first-order chi connectivity index (χ1) is 29.4. The first-order valence-corrected chi connectivity index (χ1v) is 22.2. The van der Waals surface area contributed by atoms with E-state index in [0.717, 1.165) is 55.8 Å². The second-order valence-electron chi connectivity index (χ2n) is 15.3. The number of anilines is 1. The molecule has 7 rings (SSSR count). The van der Waals surface area contributed by atoms with Crippen molar-refractivity contribution in [1.82, 2.24) is 35.4 Å². The molecule has 0 aliphatic heterocycles. The number of carbonyl (C=O) groups excluding carboxylic acids is 2. The third kappa shape index (κ3) is 11.0. The van der Waals surface area contributed by atoms with Gasteiger partial charge in [-0.25, -0.2) is 4.98 Å². The number of ether oxygens (including phenoxy) is 1. The summed E-state index contributed by atoms with van der Waals surface area (Å²) in [5, 5.41) is 21.9. The molecule has 0 saturated carbocycles. The highest BCUT2D eigenvalue weighted by molar-refractivity contribution is 7.13. The lowest BCUT2D eigenvalue weighted by molar-refractivity contribution is -0.121. The van der Waals surface area contributed by atoms with Crippen LogP contribution in [0, 0.1) is 6.92 Å². The van der Waals surface area contributed by atoms with Gasteiger partial charge in [0.05, 0.1) is 18.8 Å². The van der Waals surface area contributed by atoms with Crippen molar-refractivity contribution in [1.29, 1.82) is 0 Å². The van der Waals surface area contributed by atoms with Gasteiger partial charge in [-0.05, 0) is 109 Å². The third-order valence-electron chi connectivity index (χ3n) is 10.8. The molecule has 4 heterocycles. The number of hydrogen-bond donors (Lipinski definition) is 5. The number of nitrogens with zero attached hydrogens (tertiary/aromatic N) is 3. The minimum absolute atomic E-state index is 0.126. The van der Waals surface area contributed by atoms with Gasteiger partial charge in [-0.15, -0.1) is 11.3 Å². The number of benzene rings is 3. The van der Waals surface area contributed by atoms with E-state index in [1.807, 2.05) is 18.3 Å². The lowest BCUT2D eigenvalue weighted by atomic mass is 10.1. The summed E-state index contributed by atoms with van der Waals surface area (Å²) >= 11 is 1.80. The Kier molecular flexibility index (Phi) is 15.0. The van der Waals surface area contributed by atoms with Crippen LogP contribution >= 0.6 is 11.3 Å². The fourth-order valence-electron chi connectivity index (χ4n) is 7.55. The number of rotatable bonds is 23. The molecule has 0 atom stereocenters. The lowest BCUT2D eigenvalue weighted by Crippen LogP contribution is -2.31. The van der Waals surface area contributed by atoms with Crippen LogP contribution < -0.4 is 26.6 Å². The molecule has 0 aliphatic carbocycles. The number of pyridine rings is 1. The van der Waals surface area contributed by atoms with Gasteiger partial charge < -0.3 is 40.5 Å². The van der Waals surface area contributed by atoms with Crippen molar-refractivity contribution in [2.75, 3.05) is 57.8 Å². The normalized spacial score (nSPS) is 11.5. The minimum atomic E-state index is -0.171. The number of carbonyl (C=O) groups is 2. The monoisotopic (exact) mass is 826 g/mol. The molecule has 4 aromatic heterocycles. The van der Waals surface area contributed by atoms with Crippen LogP contribution in [-0.4, -0.2) is 78.4 Å². The summed E-state index contributed by atoms with van der Waals surface area (Å²) < 4.78 is 10.00. The summed E-state index contributed by atoms with van der Waals surface area (Å²) in [5.41, 5.74) is 9.73. The van der Waals surface area contributed by atoms with Gasteiger partial charge in [0, 0.05) is 96.0 Å². The second kappa shape index (κ2) is 21.1. The summed E-state index contributed by atoms with van der Waals surface area (Å²) in [5.74, 6) is -0.297. The van der Waals surface area contributed by atoms with Crippen molar-refractivity contribution in [2.45, 2.75) is 59.7 Å². The van der Waals surface area contributed by atoms with Crippen LogP contribution in [0.15, 0.2) is 96.6 Å². The maximum absolute atomic E-state index is 12.9. The second-order valence-corrected chi connectivity index (χ2v) is 16.2. The van der Waals surface area contributed by atoms with Gasteiger partial charge in [0.15, 0.2) is 0 Å². The highest BCUT2D eigenvalue weighted by Gasteiger charge is 2.14. The molecule has 0 bridgehead atoms. The molecular weight excluding hydrogens is 769 g/mol. The zero-order valence-corrected chi connectivity index (χ0v) is 35.9. The van der Waals surface area contributed by atoms with Crippen molar-refractivity contribution in [3.05, 3.63) is 119 Å². The van der Waals surface area contributed by atoms with Crippen molar-refractivity contribution >= 4 is 61.7 Å². The van der Waals surface area contributed by atoms with E-state index in [0.29, 0.717) is 44.1 Å². The van der Waals surface area contributed by atoms with Crippen LogP contribution in [0.25, 0.3) is 43.3 Å². The smallest absolute Gasteiger partial charge is 0.252 e. The van der Waals surface area contributed by atoms with Gasteiger partial charge in [-0.2, -0.15) is 0 Å². The summed E-state index contributed by atoms with van der Waals surface area (Å²) in [6.45, 7) is 13.8. The quantitative estimate of drug-likeness (QED) is 0.0416. The predicted molar refractivity (Wildman–Crippen MR) is 247 cm³/mol. The van der Waals surface area contributed by atoms with Crippen molar-refractivity contribution < 1.29 is 14.3 Å². The van der Waals surface area contributed by atoms with Crippen molar-refractivity contribution in [3.63, 3.8) is 0 Å². The number of amides is 2. The Balaban J connectivity index is 0.782. The largest absolute Gasteiger partial charge is 0.384 e. The first-order valence-electron chi connectivity index (χ1n) is 21.3. The third-order valence-corrected chi connectivity index (χ3v) is 11.8. The molecule has 12 heteroatoms. The highest BCUT2D eigenvalue weighted by atomic mass is 32.1. The number of fused-ring (bicyclic) bond motifs is 4. The van der Waals surface area contributed by atoms with Crippen molar-refractivity contribution in [3.8, 4) is 10.4 Å². The number of aromatic nitrogens is 3. The molecule has 7 aromatic rings. The molecule has 11 nitrogen and oxygen atoms in total. The Morgan fingerprint density at radius 2 is 1.63 bits per heavy atom. The van der Waals surface area contributed by atoms with Crippen LogP contribution in [0.2, 0.25) is 0 Å². The standard InChI is InChI=1S/C48H58N8O3S/c1-4-6-17-49-19-20-51-40-11-7-35(8-12-40)15-18-53-48(58)39-28-38-16-23-55(47(38)54-31-39)32-46(57)52-22-25-59-24-21-50-30-36-9-14-43-42(27-36)41-13-10-37(29-44(41)56(43)5-2)45-26-34(3)33-60-45/h7-14,16,23,26-29,31,33,49-51H,4-6,15,17-22,24-25,30,32H2,1-3H3,(H,52,57)(H,53,58). The molecular formula is C48H58N8O3S. The molecule has 60 heavy (non-hydrogen) atoms. The van der Waals surface area contributed by atoms with Crippen LogP contribution in [0.3, 0.4) is 0 Å². The van der Waals surface area contributed by atoms with E-state index in [1.54, 1.807) is 22.1 Å². The van der Waals surface area contributed by atoms with E-state index < -0.39 is 0 Å². The van der Waals surface area contributed by atoms with Gasteiger partial charge in [0.2, 0.25) is 5.91 Å².